The normalized spacial score (nSPS) is 24.8. The largest absolute Gasteiger partial charge is 0.360 e. The van der Waals surface area contributed by atoms with E-state index in [2.05, 4.69) is 39.3 Å². The van der Waals surface area contributed by atoms with Crippen LogP contribution in [0, 0.1) is 11.8 Å². The molecule has 1 aliphatic heterocycles. The number of nitrogens with one attached hydrogen (secondary N) is 2. The molecule has 0 radical (unpaired) electrons. The number of halogens is 1. The maximum atomic E-state index is 6.24. The van der Waals surface area contributed by atoms with Gasteiger partial charge in [-0.1, -0.05) is 44.7 Å². The van der Waals surface area contributed by atoms with Crippen LogP contribution in [0.25, 0.3) is 0 Å². The van der Waals surface area contributed by atoms with Crippen LogP contribution in [0.3, 0.4) is 0 Å². The van der Waals surface area contributed by atoms with Crippen LogP contribution < -0.4 is 15.5 Å². The molecule has 3 rings (SSSR count). The maximum absolute atomic E-state index is 6.24. The highest BCUT2D eigenvalue weighted by Crippen LogP contribution is 2.27. The first kappa shape index (κ1) is 18.6. The lowest BCUT2D eigenvalue weighted by atomic mass is 9.92. The molecule has 0 unspecified atom stereocenters. The summed E-state index contributed by atoms with van der Waals surface area (Å²) in [5, 5.41) is 7.53. The van der Waals surface area contributed by atoms with E-state index in [1.165, 1.54) is 38.5 Å². The lowest BCUT2D eigenvalue weighted by molar-refractivity contribution is 0.355. The Balaban J connectivity index is 1.65. The predicted molar refractivity (Wildman–Crippen MR) is 108 cm³/mol. The van der Waals surface area contributed by atoms with E-state index >= 15 is 0 Å². The smallest absolute Gasteiger partial charge is 0.232 e. The topological polar surface area (TPSA) is 53.1 Å². The molecule has 25 heavy (non-hydrogen) atoms. The second-order valence-electron chi connectivity index (χ2n) is 7.66. The molecule has 1 saturated carbocycles. The Morgan fingerprint density at radius 2 is 1.84 bits per heavy atom. The van der Waals surface area contributed by atoms with Gasteiger partial charge in [0.15, 0.2) is 5.11 Å². The Bertz CT molecular complexity index is 595. The first-order valence-corrected chi connectivity index (χ1v) is 10.2. The number of rotatable bonds is 3. The SMILES string of the molecule is C[C@@H]1C[C@H](C)CN(c2cc(Cl)nc(NC(=S)NC3CCCCC3)n2)C1. The van der Waals surface area contributed by atoms with Crippen molar-refractivity contribution in [1.82, 2.24) is 15.3 Å². The van der Waals surface area contributed by atoms with Crippen molar-refractivity contribution in [3.05, 3.63) is 11.2 Å². The van der Waals surface area contributed by atoms with Gasteiger partial charge >= 0.3 is 0 Å². The molecule has 1 aromatic rings. The van der Waals surface area contributed by atoms with E-state index in [1.54, 1.807) is 0 Å². The van der Waals surface area contributed by atoms with Gasteiger partial charge < -0.3 is 15.5 Å². The van der Waals surface area contributed by atoms with Crippen LogP contribution in [-0.2, 0) is 0 Å². The summed E-state index contributed by atoms with van der Waals surface area (Å²) in [5.41, 5.74) is 0. The van der Waals surface area contributed by atoms with E-state index in [-0.39, 0.29) is 0 Å². The minimum atomic E-state index is 0.443. The van der Waals surface area contributed by atoms with Crippen LogP contribution in [0.2, 0.25) is 5.15 Å². The molecule has 2 heterocycles. The molecule has 2 N–H and O–H groups in total. The number of aromatic nitrogens is 2. The zero-order valence-corrected chi connectivity index (χ0v) is 16.7. The van der Waals surface area contributed by atoms with Gasteiger partial charge in [-0.25, -0.2) is 4.98 Å². The Kier molecular flexibility index (Phi) is 6.34. The number of nitrogens with zero attached hydrogens (tertiary/aromatic N) is 3. The van der Waals surface area contributed by atoms with Gasteiger partial charge in [0.1, 0.15) is 11.0 Å². The third-order valence-electron chi connectivity index (χ3n) is 5.04. The van der Waals surface area contributed by atoms with Crippen LogP contribution in [0.4, 0.5) is 11.8 Å². The molecule has 2 atom stereocenters. The van der Waals surface area contributed by atoms with Crippen LogP contribution in [0.1, 0.15) is 52.4 Å². The van der Waals surface area contributed by atoms with Gasteiger partial charge in [0.25, 0.3) is 0 Å². The minimum Gasteiger partial charge on any atom is -0.360 e. The van der Waals surface area contributed by atoms with Gasteiger partial charge in [-0.3, -0.25) is 0 Å². The summed E-state index contributed by atoms with van der Waals surface area (Å²) in [4.78, 5) is 11.2. The molecule has 0 amide bonds. The van der Waals surface area contributed by atoms with E-state index in [4.69, 9.17) is 23.8 Å². The van der Waals surface area contributed by atoms with Gasteiger partial charge in [0.2, 0.25) is 5.95 Å². The minimum absolute atomic E-state index is 0.443. The summed E-state index contributed by atoms with van der Waals surface area (Å²) in [6.07, 6.45) is 7.47. The predicted octanol–water partition coefficient (Wildman–Crippen LogP) is 4.23. The highest BCUT2D eigenvalue weighted by molar-refractivity contribution is 7.80. The Morgan fingerprint density at radius 1 is 1.16 bits per heavy atom. The molecule has 0 bridgehead atoms. The lowest BCUT2D eigenvalue weighted by Gasteiger charge is -2.35. The zero-order chi connectivity index (χ0) is 17.8. The van der Waals surface area contributed by atoms with Crippen molar-refractivity contribution in [2.75, 3.05) is 23.3 Å². The number of thiocarbonyl (C=S) groups is 1. The van der Waals surface area contributed by atoms with Gasteiger partial charge in [0, 0.05) is 25.2 Å². The zero-order valence-electron chi connectivity index (χ0n) is 15.1. The van der Waals surface area contributed by atoms with Crippen LogP contribution >= 0.6 is 23.8 Å². The Morgan fingerprint density at radius 3 is 2.52 bits per heavy atom. The first-order valence-electron chi connectivity index (χ1n) is 9.36. The van der Waals surface area contributed by atoms with E-state index in [1.807, 2.05) is 6.07 Å². The molecule has 0 aromatic carbocycles. The standard InChI is InChI=1S/C18H28ClN5S/c1-12-8-13(2)11-24(10-12)16-9-15(19)21-17(22-16)23-18(25)20-14-6-4-3-5-7-14/h9,12-14H,3-8,10-11H2,1-2H3,(H2,20,21,22,23,25)/t12-,13+. The molecule has 5 nitrogen and oxygen atoms in total. The summed E-state index contributed by atoms with van der Waals surface area (Å²) in [7, 11) is 0. The van der Waals surface area contributed by atoms with Crippen molar-refractivity contribution >= 4 is 40.7 Å². The average molecular weight is 382 g/mol. The third kappa shape index (κ3) is 5.42. The Labute approximate surface area is 160 Å². The van der Waals surface area contributed by atoms with Crippen molar-refractivity contribution in [2.24, 2.45) is 11.8 Å². The van der Waals surface area contributed by atoms with Crippen molar-refractivity contribution in [3.8, 4) is 0 Å². The summed E-state index contributed by atoms with van der Waals surface area (Å²) in [5.74, 6) is 2.66. The molecule has 1 aromatic heterocycles. The van der Waals surface area contributed by atoms with E-state index in [0.717, 1.165) is 18.9 Å². The average Bonchev–Trinajstić information content (AvgIpc) is 2.54. The molecule has 2 fully saturated rings. The first-order chi connectivity index (χ1) is 12.0. The van der Waals surface area contributed by atoms with Crippen molar-refractivity contribution in [1.29, 1.82) is 0 Å². The van der Waals surface area contributed by atoms with E-state index in [9.17, 15) is 0 Å². The molecular weight excluding hydrogens is 354 g/mol. The molecule has 138 valence electrons. The molecule has 0 spiro atoms. The van der Waals surface area contributed by atoms with E-state index in [0.29, 0.717) is 34.1 Å². The number of hydrogen-bond donors (Lipinski definition) is 2. The molecule has 1 saturated heterocycles. The fourth-order valence-electron chi connectivity index (χ4n) is 4.04. The fourth-order valence-corrected chi connectivity index (χ4v) is 4.48. The molecule has 7 heteroatoms. The second kappa shape index (κ2) is 8.49. The van der Waals surface area contributed by atoms with Crippen molar-refractivity contribution < 1.29 is 0 Å². The van der Waals surface area contributed by atoms with Gasteiger partial charge in [0.05, 0.1) is 0 Å². The lowest BCUT2D eigenvalue weighted by Crippen LogP contribution is -2.40. The van der Waals surface area contributed by atoms with Crippen molar-refractivity contribution in [3.63, 3.8) is 0 Å². The van der Waals surface area contributed by atoms with E-state index < -0.39 is 0 Å². The van der Waals surface area contributed by atoms with Gasteiger partial charge in [-0.05, 0) is 43.3 Å². The highest BCUT2D eigenvalue weighted by Gasteiger charge is 2.23. The maximum Gasteiger partial charge on any atom is 0.232 e. The molecule has 2 aliphatic rings. The third-order valence-corrected chi connectivity index (χ3v) is 5.45. The van der Waals surface area contributed by atoms with Crippen molar-refractivity contribution in [2.45, 2.75) is 58.4 Å². The summed E-state index contributed by atoms with van der Waals surface area (Å²) < 4.78 is 0. The number of piperidine rings is 1. The van der Waals surface area contributed by atoms with Crippen LogP contribution in [0.15, 0.2) is 6.07 Å². The summed E-state index contributed by atoms with van der Waals surface area (Å²) in [6, 6.07) is 2.30. The van der Waals surface area contributed by atoms with Gasteiger partial charge in [-0.2, -0.15) is 4.98 Å². The monoisotopic (exact) mass is 381 g/mol. The summed E-state index contributed by atoms with van der Waals surface area (Å²) >= 11 is 11.7. The van der Waals surface area contributed by atoms with Crippen LogP contribution in [-0.4, -0.2) is 34.2 Å². The van der Waals surface area contributed by atoms with Gasteiger partial charge in [-0.15, -0.1) is 0 Å². The quantitative estimate of drug-likeness (QED) is 0.603. The fraction of sp³-hybridized carbons (Fsp3) is 0.722. The molecule has 1 aliphatic carbocycles. The Hall–Kier alpha value is -1.14. The second-order valence-corrected chi connectivity index (χ2v) is 8.45. The number of hydrogen-bond acceptors (Lipinski definition) is 4. The number of anilines is 2. The van der Waals surface area contributed by atoms with Crippen LogP contribution in [0.5, 0.6) is 0 Å². The summed E-state index contributed by atoms with van der Waals surface area (Å²) in [6.45, 7) is 6.57. The highest BCUT2D eigenvalue weighted by atomic mass is 35.5. The molecular formula is C18H28ClN5S.